The van der Waals surface area contributed by atoms with Crippen molar-refractivity contribution >= 4 is 17.8 Å². The van der Waals surface area contributed by atoms with Crippen LogP contribution in [-0.4, -0.2) is 18.2 Å². The maximum atomic E-state index is 12.3. The number of ether oxygens (including phenoxy) is 2. The summed E-state index contributed by atoms with van der Waals surface area (Å²) in [5, 5.41) is 15.6. The van der Waals surface area contributed by atoms with Gasteiger partial charge in [0.25, 0.3) is 5.91 Å². The SMILES string of the molecule is COc1cc(/C=C(/C#N)C(=O)Nc2cc(C)on2)ccc1OCc1cccc(C)c1. The number of carbonyl (C=O) groups is 1. The van der Waals surface area contributed by atoms with E-state index >= 15 is 0 Å². The molecule has 0 aliphatic heterocycles. The molecule has 0 radical (unpaired) electrons. The zero-order valence-corrected chi connectivity index (χ0v) is 16.9. The van der Waals surface area contributed by atoms with Crippen LogP contribution in [0.2, 0.25) is 0 Å². The summed E-state index contributed by atoms with van der Waals surface area (Å²) in [6.07, 6.45) is 1.47. The average Bonchev–Trinajstić information content (AvgIpc) is 3.15. The van der Waals surface area contributed by atoms with Crippen molar-refractivity contribution in [2.45, 2.75) is 20.5 Å². The third kappa shape index (κ3) is 5.26. The summed E-state index contributed by atoms with van der Waals surface area (Å²) < 4.78 is 16.2. The first kappa shape index (κ1) is 20.7. The highest BCUT2D eigenvalue weighted by atomic mass is 16.5. The van der Waals surface area contributed by atoms with Crippen LogP contribution in [0.1, 0.15) is 22.5 Å². The van der Waals surface area contributed by atoms with Crippen LogP contribution in [-0.2, 0) is 11.4 Å². The Morgan fingerprint density at radius 2 is 2.03 bits per heavy atom. The van der Waals surface area contributed by atoms with Crippen LogP contribution in [0.5, 0.6) is 11.5 Å². The molecule has 0 saturated carbocycles. The van der Waals surface area contributed by atoms with Gasteiger partial charge in [0.05, 0.1) is 7.11 Å². The van der Waals surface area contributed by atoms with Crippen LogP contribution in [0.25, 0.3) is 6.08 Å². The molecule has 0 fully saturated rings. The van der Waals surface area contributed by atoms with Crippen molar-refractivity contribution in [1.29, 1.82) is 5.26 Å². The van der Waals surface area contributed by atoms with E-state index in [1.165, 1.54) is 13.2 Å². The average molecular weight is 403 g/mol. The van der Waals surface area contributed by atoms with E-state index in [1.54, 1.807) is 31.2 Å². The van der Waals surface area contributed by atoms with Gasteiger partial charge in [0, 0.05) is 6.07 Å². The molecule has 0 aliphatic rings. The van der Waals surface area contributed by atoms with Crippen molar-refractivity contribution in [3.8, 4) is 17.6 Å². The van der Waals surface area contributed by atoms with Crippen LogP contribution in [0.3, 0.4) is 0 Å². The molecule has 7 heteroatoms. The Morgan fingerprint density at radius 3 is 2.70 bits per heavy atom. The second-order valence-corrected chi connectivity index (χ2v) is 6.63. The van der Waals surface area contributed by atoms with E-state index < -0.39 is 5.91 Å². The lowest BCUT2D eigenvalue weighted by atomic mass is 10.1. The van der Waals surface area contributed by atoms with Gasteiger partial charge in [0.2, 0.25) is 0 Å². The first-order valence-electron chi connectivity index (χ1n) is 9.21. The Bertz CT molecular complexity index is 1130. The number of aryl methyl sites for hydroxylation is 2. The first-order chi connectivity index (χ1) is 14.5. The summed E-state index contributed by atoms with van der Waals surface area (Å²) >= 11 is 0. The molecular weight excluding hydrogens is 382 g/mol. The number of benzene rings is 2. The molecule has 152 valence electrons. The Kier molecular flexibility index (Phi) is 6.50. The van der Waals surface area contributed by atoms with Gasteiger partial charge in [-0.05, 0) is 43.2 Å². The number of rotatable bonds is 7. The van der Waals surface area contributed by atoms with Gasteiger partial charge in [-0.25, -0.2) is 0 Å². The molecule has 30 heavy (non-hydrogen) atoms. The Labute approximate surface area is 174 Å². The van der Waals surface area contributed by atoms with Crippen molar-refractivity contribution in [1.82, 2.24) is 5.16 Å². The predicted molar refractivity (Wildman–Crippen MR) is 112 cm³/mol. The van der Waals surface area contributed by atoms with Crippen molar-refractivity contribution in [2.75, 3.05) is 12.4 Å². The Balaban J connectivity index is 1.75. The maximum Gasteiger partial charge on any atom is 0.267 e. The number of anilines is 1. The van der Waals surface area contributed by atoms with E-state index in [0.717, 1.165) is 11.1 Å². The van der Waals surface area contributed by atoms with E-state index in [9.17, 15) is 10.1 Å². The summed E-state index contributed by atoms with van der Waals surface area (Å²) in [7, 11) is 1.53. The number of amides is 1. The molecule has 3 rings (SSSR count). The minimum Gasteiger partial charge on any atom is -0.493 e. The molecule has 0 bridgehead atoms. The van der Waals surface area contributed by atoms with Gasteiger partial charge in [0.15, 0.2) is 17.3 Å². The third-order valence-corrected chi connectivity index (χ3v) is 4.21. The number of methoxy groups -OCH3 is 1. The van der Waals surface area contributed by atoms with Crippen molar-refractivity contribution in [3.05, 3.63) is 76.6 Å². The molecule has 1 amide bonds. The molecule has 0 unspecified atom stereocenters. The summed E-state index contributed by atoms with van der Waals surface area (Å²) in [6.45, 7) is 4.13. The van der Waals surface area contributed by atoms with Gasteiger partial charge < -0.3 is 19.3 Å². The van der Waals surface area contributed by atoms with Crippen molar-refractivity contribution in [2.24, 2.45) is 0 Å². The van der Waals surface area contributed by atoms with Gasteiger partial charge in [-0.1, -0.05) is 41.1 Å². The molecule has 0 saturated heterocycles. The van der Waals surface area contributed by atoms with E-state index in [1.807, 2.05) is 31.2 Å². The largest absolute Gasteiger partial charge is 0.493 e. The highest BCUT2D eigenvalue weighted by Gasteiger charge is 2.13. The van der Waals surface area contributed by atoms with Gasteiger partial charge in [-0.3, -0.25) is 4.79 Å². The number of aromatic nitrogens is 1. The smallest absolute Gasteiger partial charge is 0.267 e. The minimum absolute atomic E-state index is 0.0777. The number of nitriles is 1. The van der Waals surface area contributed by atoms with Crippen molar-refractivity contribution < 1.29 is 18.8 Å². The van der Waals surface area contributed by atoms with Crippen LogP contribution >= 0.6 is 0 Å². The number of nitrogens with zero attached hydrogens (tertiary/aromatic N) is 2. The van der Waals surface area contributed by atoms with Crippen molar-refractivity contribution in [3.63, 3.8) is 0 Å². The topological polar surface area (TPSA) is 97.4 Å². The highest BCUT2D eigenvalue weighted by Crippen LogP contribution is 2.30. The molecule has 1 heterocycles. The lowest BCUT2D eigenvalue weighted by Gasteiger charge is -2.12. The number of hydrogen-bond acceptors (Lipinski definition) is 6. The number of nitrogens with one attached hydrogen (secondary N) is 1. The monoisotopic (exact) mass is 403 g/mol. The lowest BCUT2D eigenvalue weighted by molar-refractivity contribution is -0.112. The lowest BCUT2D eigenvalue weighted by Crippen LogP contribution is -2.13. The third-order valence-electron chi connectivity index (χ3n) is 4.21. The Morgan fingerprint density at radius 1 is 1.20 bits per heavy atom. The molecule has 3 aromatic rings. The normalized spacial score (nSPS) is 10.9. The van der Waals surface area contributed by atoms with E-state index in [-0.39, 0.29) is 11.4 Å². The fourth-order valence-electron chi connectivity index (χ4n) is 2.78. The standard InChI is InChI=1S/C23H21N3O4/c1-15-5-4-6-18(9-15)14-29-20-8-7-17(12-21(20)28-3)11-19(13-24)23(27)25-22-10-16(2)30-26-22/h4-12H,14H2,1-3H3,(H,25,26,27)/b19-11-. The summed E-state index contributed by atoms with van der Waals surface area (Å²) in [5.74, 6) is 1.29. The molecule has 1 aromatic heterocycles. The maximum absolute atomic E-state index is 12.3. The highest BCUT2D eigenvalue weighted by molar-refractivity contribution is 6.09. The van der Waals surface area contributed by atoms with Gasteiger partial charge in [-0.15, -0.1) is 0 Å². The fourth-order valence-corrected chi connectivity index (χ4v) is 2.78. The minimum atomic E-state index is -0.579. The summed E-state index contributed by atoms with van der Waals surface area (Å²) in [6, 6.07) is 16.7. The first-order valence-corrected chi connectivity index (χ1v) is 9.21. The van der Waals surface area contributed by atoms with Gasteiger partial charge in [-0.2, -0.15) is 5.26 Å². The predicted octanol–water partition coefficient (Wildman–Crippen LogP) is 4.42. The van der Waals surface area contributed by atoms with Gasteiger partial charge in [0.1, 0.15) is 24.0 Å². The Hall–Kier alpha value is -4.05. The molecular formula is C23H21N3O4. The van der Waals surface area contributed by atoms with Gasteiger partial charge >= 0.3 is 0 Å². The number of carbonyl (C=O) groups excluding carboxylic acids is 1. The van der Waals surface area contributed by atoms with Crippen LogP contribution in [0.4, 0.5) is 5.82 Å². The zero-order chi connectivity index (χ0) is 21.5. The molecule has 1 N–H and O–H groups in total. The second-order valence-electron chi connectivity index (χ2n) is 6.63. The molecule has 2 aromatic carbocycles. The van der Waals surface area contributed by atoms with Crippen LogP contribution < -0.4 is 14.8 Å². The quantitative estimate of drug-likeness (QED) is 0.463. The second kappa shape index (κ2) is 9.43. The van der Waals surface area contributed by atoms with Crippen LogP contribution in [0, 0.1) is 25.2 Å². The van der Waals surface area contributed by atoms with E-state index in [0.29, 0.717) is 29.4 Å². The van der Waals surface area contributed by atoms with E-state index in [4.69, 9.17) is 14.0 Å². The molecule has 0 atom stereocenters. The van der Waals surface area contributed by atoms with E-state index in [2.05, 4.69) is 16.5 Å². The number of hydrogen-bond donors (Lipinski definition) is 1. The molecule has 0 spiro atoms. The summed E-state index contributed by atoms with van der Waals surface area (Å²) in [4.78, 5) is 12.3. The summed E-state index contributed by atoms with van der Waals surface area (Å²) in [5.41, 5.74) is 2.75. The zero-order valence-electron chi connectivity index (χ0n) is 16.9. The molecule has 7 nitrogen and oxygen atoms in total. The fraction of sp³-hybridized carbons (Fsp3) is 0.174. The van der Waals surface area contributed by atoms with Crippen LogP contribution in [0.15, 0.2) is 58.6 Å². The molecule has 0 aliphatic carbocycles.